The first-order chi connectivity index (χ1) is 22.0. The summed E-state index contributed by atoms with van der Waals surface area (Å²) >= 11 is 0. The zero-order valence-electron chi connectivity index (χ0n) is 30.1. The number of amides is 1. The van der Waals surface area contributed by atoms with Crippen LogP contribution in [0.3, 0.4) is 0 Å². The molecule has 0 saturated heterocycles. The molecule has 0 rings (SSSR count). The molecule has 0 spiro atoms. The Morgan fingerprint density at radius 1 is 0.478 bits per heavy atom. The van der Waals surface area contributed by atoms with Crippen molar-refractivity contribution in [3.63, 3.8) is 0 Å². The number of nitrogens with two attached hydrogens (primary N) is 1. The topological polar surface area (TPSA) is 121 Å². The molecule has 0 aromatic carbocycles. The van der Waals surface area contributed by atoms with Crippen molar-refractivity contribution in [1.82, 2.24) is 4.90 Å². The van der Waals surface area contributed by atoms with Crippen LogP contribution in [-0.4, -0.2) is 64.4 Å². The highest BCUT2D eigenvalue weighted by atomic mass is 35.5. The smallest absolute Gasteiger partial charge is 0.237 e. The Labute approximate surface area is 290 Å². The van der Waals surface area contributed by atoms with E-state index < -0.39 is 31.2 Å². The largest absolute Gasteiger partial charge is 0.394 e. The van der Waals surface area contributed by atoms with Gasteiger partial charge in [-0.05, 0) is 12.8 Å². The van der Waals surface area contributed by atoms with Crippen LogP contribution in [0.4, 0.5) is 0 Å². The molecule has 0 aliphatic rings. The van der Waals surface area contributed by atoms with Crippen LogP contribution in [0.25, 0.3) is 0 Å². The molecule has 0 aliphatic carbocycles. The number of ketones is 2. The number of rotatable bonds is 35. The standard InChI is InChI=1S/C38H74N2O5.ClH/c1-3-5-7-9-11-13-15-17-19-21-23-25-27-29-36(43)34(32-41)40(38(45)31-39)35(33-42)37(44)30-28-26-24-22-20-18-16-14-12-10-8-6-4-2;/h34-35,41-42H,3-33,39H2,1-2H3;1H. The van der Waals surface area contributed by atoms with Crippen molar-refractivity contribution in [2.75, 3.05) is 19.8 Å². The minimum absolute atomic E-state index is 0. The maximum Gasteiger partial charge on any atom is 0.237 e. The summed E-state index contributed by atoms with van der Waals surface area (Å²) in [7, 11) is 0. The summed E-state index contributed by atoms with van der Waals surface area (Å²) < 4.78 is 0. The van der Waals surface area contributed by atoms with Gasteiger partial charge in [0.25, 0.3) is 0 Å². The normalized spacial score (nSPS) is 12.5. The van der Waals surface area contributed by atoms with E-state index in [-0.39, 0.29) is 43.4 Å². The Hall–Kier alpha value is -1.02. The van der Waals surface area contributed by atoms with Crippen molar-refractivity contribution in [3.05, 3.63) is 0 Å². The van der Waals surface area contributed by atoms with E-state index in [2.05, 4.69) is 13.8 Å². The lowest BCUT2D eigenvalue weighted by Gasteiger charge is -2.35. The van der Waals surface area contributed by atoms with Gasteiger partial charge in [0, 0.05) is 12.8 Å². The molecule has 274 valence electrons. The van der Waals surface area contributed by atoms with Gasteiger partial charge in [0.1, 0.15) is 12.1 Å². The first kappa shape index (κ1) is 47.1. The van der Waals surface area contributed by atoms with Gasteiger partial charge in [-0.3, -0.25) is 14.4 Å². The van der Waals surface area contributed by atoms with Gasteiger partial charge in [0.05, 0.1) is 19.8 Å². The molecule has 0 aromatic heterocycles. The third kappa shape index (κ3) is 25.1. The summed E-state index contributed by atoms with van der Waals surface area (Å²) in [5.41, 5.74) is 5.63. The van der Waals surface area contributed by atoms with E-state index in [0.29, 0.717) is 12.8 Å². The van der Waals surface area contributed by atoms with E-state index in [4.69, 9.17) is 5.73 Å². The quantitative estimate of drug-likeness (QED) is 0.0577. The SMILES string of the molecule is CCCCCCCCCCCCCCCC(=O)C(CO)N(C(=O)CN)C(CO)C(=O)CCCCCCCCCCCCCCC.Cl. The summed E-state index contributed by atoms with van der Waals surface area (Å²) in [4.78, 5) is 40.0. The molecular weight excluding hydrogens is 600 g/mol. The molecule has 7 nitrogen and oxygen atoms in total. The summed E-state index contributed by atoms with van der Waals surface area (Å²) in [6.45, 7) is 2.95. The molecule has 0 heterocycles. The first-order valence-corrected chi connectivity index (χ1v) is 19.3. The van der Waals surface area contributed by atoms with Crippen LogP contribution in [0.2, 0.25) is 0 Å². The maximum absolute atomic E-state index is 13.1. The Morgan fingerprint density at radius 2 is 0.717 bits per heavy atom. The highest BCUT2D eigenvalue weighted by Crippen LogP contribution is 2.18. The third-order valence-corrected chi connectivity index (χ3v) is 9.28. The number of hydrogen-bond acceptors (Lipinski definition) is 6. The zero-order valence-corrected chi connectivity index (χ0v) is 30.9. The fraction of sp³-hybridized carbons (Fsp3) is 0.921. The van der Waals surface area contributed by atoms with E-state index in [0.717, 1.165) is 43.4 Å². The van der Waals surface area contributed by atoms with Gasteiger partial charge in [-0.25, -0.2) is 0 Å². The first-order valence-electron chi connectivity index (χ1n) is 19.3. The summed E-state index contributed by atoms with van der Waals surface area (Å²) in [5, 5.41) is 20.2. The highest BCUT2D eigenvalue weighted by molar-refractivity contribution is 5.94. The molecule has 0 aromatic rings. The lowest BCUT2D eigenvalue weighted by Crippen LogP contribution is -2.58. The zero-order chi connectivity index (χ0) is 33.4. The number of aliphatic hydroxyl groups excluding tert-OH is 2. The fourth-order valence-corrected chi connectivity index (χ4v) is 6.33. The van der Waals surface area contributed by atoms with Crippen molar-refractivity contribution in [2.24, 2.45) is 5.73 Å². The Balaban J connectivity index is 0. The number of unbranched alkanes of at least 4 members (excludes halogenated alkanes) is 24. The fourth-order valence-electron chi connectivity index (χ4n) is 6.33. The molecule has 0 bridgehead atoms. The van der Waals surface area contributed by atoms with E-state index >= 15 is 0 Å². The van der Waals surface area contributed by atoms with E-state index in [1.165, 1.54) is 116 Å². The van der Waals surface area contributed by atoms with Crippen molar-refractivity contribution in [1.29, 1.82) is 0 Å². The highest BCUT2D eigenvalue weighted by Gasteiger charge is 2.36. The van der Waals surface area contributed by atoms with Gasteiger partial charge in [0.2, 0.25) is 5.91 Å². The van der Waals surface area contributed by atoms with E-state index in [1.54, 1.807) is 0 Å². The molecule has 0 radical (unpaired) electrons. The van der Waals surface area contributed by atoms with Gasteiger partial charge in [-0.15, -0.1) is 12.4 Å². The van der Waals surface area contributed by atoms with Crippen LogP contribution < -0.4 is 5.73 Å². The number of halogens is 1. The van der Waals surface area contributed by atoms with Crippen LogP contribution in [0, 0.1) is 0 Å². The van der Waals surface area contributed by atoms with Gasteiger partial charge >= 0.3 is 0 Å². The van der Waals surface area contributed by atoms with Crippen molar-refractivity contribution < 1.29 is 24.6 Å². The van der Waals surface area contributed by atoms with Crippen molar-refractivity contribution in [3.8, 4) is 0 Å². The van der Waals surface area contributed by atoms with Crippen LogP contribution in [-0.2, 0) is 14.4 Å². The third-order valence-electron chi connectivity index (χ3n) is 9.28. The molecule has 2 atom stereocenters. The maximum atomic E-state index is 13.1. The average molecular weight is 675 g/mol. The lowest BCUT2D eigenvalue weighted by atomic mass is 9.98. The summed E-state index contributed by atoms with van der Waals surface area (Å²) in [5.74, 6) is -1.13. The van der Waals surface area contributed by atoms with Crippen molar-refractivity contribution in [2.45, 2.75) is 206 Å². The Bertz CT molecular complexity index is 659. The predicted molar refractivity (Wildman–Crippen MR) is 196 cm³/mol. The number of Topliss-reactive ketones (excluding diaryl/α,β-unsaturated/α-hetero) is 2. The second-order valence-corrected chi connectivity index (χ2v) is 13.3. The van der Waals surface area contributed by atoms with Gasteiger partial charge in [0.15, 0.2) is 11.6 Å². The van der Waals surface area contributed by atoms with Gasteiger partial charge in [-0.2, -0.15) is 0 Å². The van der Waals surface area contributed by atoms with E-state index in [9.17, 15) is 24.6 Å². The molecule has 2 unspecified atom stereocenters. The van der Waals surface area contributed by atoms with Crippen LogP contribution in [0.15, 0.2) is 0 Å². The number of hydrogen-bond donors (Lipinski definition) is 3. The molecule has 0 aliphatic heterocycles. The molecule has 1 amide bonds. The van der Waals surface area contributed by atoms with Gasteiger partial charge < -0.3 is 20.8 Å². The minimum atomic E-state index is -1.15. The Morgan fingerprint density at radius 3 is 0.935 bits per heavy atom. The second-order valence-electron chi connectivity index (χ2n) is 13.3. The Kier molecular flexibility index (Phi) is 36.1. The number of carbonyl (C=O) groups is 3. The molecule has 0 fully saturated rings. The molecule has 46 heavy (non-hydrogen) atoms. The number of carbonyl (C=O) groups excluding carboxylic acids is 3. The summed E-state index contributed by atoms with van der Waals surface area (Å²) in [6.07, 6.45) is 31.8. The average Bonchev–Trinajstić information content (AvgIpc) is 3.04. The summed E-state index contributed by atoms with van der Waals surface area (Å²) in [6, 6.07) is -2.29. The van der Waals surface area contributed by atoms with Crippen LogP contribution in [0.1, 0.15) is 194 Å². The molecule has 4 N–H and O–H groups in total. The molecule has 0 saturated carbocycles. The van der Waals surface area contributed by atoms with E-state index in [1.807, 2.05) is 0 Å². The lowest BCUT2D eigenvalue weighted by molar-refractivity contribution is -0.148. The van der Waals surface area contributed by atoms with Gasteiger partial charge in [-0.1, -0.05) is 168 Å². The van der Waals surface area contributed by atoms with Crippen LogP contribution in [0.5, 0.6) is 0 Å². The molecular formula is C38H75ClN2O5. The number of nitrogens with zero attached hydrogens (tertiary/aromatic N) is 1. The predicted octanol–water partition coefficient (Wildman–Crippen LogP) is 9.02. The molecule has 8 heteroatoms. The van der Waals surface area contributed by atoms with Crippen LogP contribution >= 0.6 is 12.4 Å². The second kappa shape index (κ2) is 35.3. The monoisotopic (exact) mass is 675 g/mol. The minimum Gasteiger partial charge on any atom is -0.394 e. The van der Waals surface area contributed by atoms with Crippen molar-refractivity contribution >= 4 is 29.9 Å². The number of aliphatic hydroxyl groups is 2.